The van der Waals surface area contributed by atoms with Crippen LogP contribution in [0.5, 0.6) is 0 Å². The van der Waals surface area contributed by atoms with Crippen molar-refractivity contribution in [3.05, 3.63) is 0 Å². The van der Waals surface area contributed by atoms with Crippen LogP contribution < -0.4 is 5.73 Å². The van der Waals surface area contributed by atoms with E-state index in [1.807, 2.05) is 0 Å². The van der Waals surface area contributed by atoms with Crippen LogP contribution in [-0.4, -0.2) is 45.0 Å². The monoisotopic (exact) mass is 293 g/mol. The van der Waals surface area contributed by atoms with Gasteiger partial charge in [0.25, 0.3) is 0 Å². The van der Waals surface area contributed by atoms with Gasteiger partial charge in [-0.2, -0.15) is 0 Å². The van der Waals surface area contributed by atoms with Crippen molar-refractivity contribution in [2.24, 2.45) is 5.73 Å². The van der Waals surface area contributed by atoms with Gasteiger partial charge in [-0.15, -0.1) is 0 Å². The van der Waals surface area contributed by atoms with E-state index >= 15 is 0 Å². The number of hydrogen-bond donors (Lipinski definition) is 1. The average Bonchev–Trinajstić information content (AvgIpc) is 2.12. The minimum absolute atomic E-state index is 0.0960. The van der Waals surface area contributed by atoms with Gasteiger partial charge in [-0.3, -0.25) is 0 Å². The molecule has 1 fully saturated rings. The van der Waals surface area contributed by atoms with E-state index in [0.717, 1.165) is 5.75 Å². The minimum atomic E-state index is -2.55. The van der Waals surface area contributed by atoms with Crippen LogP contribution in [0.25, 0.3) is 0 Å². The molecule has 1 rings (SSSR count). The summed E-state index contributed by atoms with van der Waals surface area (Å²) in [6.07, 6.45) is 0.192. The van der Waals surface area contributed by atoms with E-state index in [4.69, 9.17) is 13.4 Å². The van der Waals surface area contributed by atoms with Crippen molar-refractivity contribution in [3.8, 4) is 0 Å². The summed E-state index contributed by atoms with van der Waals surface area (Å²) in [4.78, 5) is 0. The molecule has 0 saturated carbocycles. The SMILES string of the molecule is NCCSCP1(=O)CO[Se](=O)OC1. The van der Waals surface area contributed by atoms with Crippen LogP contribution in [-0.2, 0) is 16.0 Å². The standard InChI is InChI=1S/C5H12NO4PSSe/c6-1-2-12-5-11(7)3-9-13(8)10-4-11/h1-6H2. The predicted molar refractivity (Wildman–Crippen MR) is 52.3 cm³/mol. The van der Waals surface area contributed by atoms with Crippen molar-refractivity contribution in [2.45, 2.75) is 0 Å². The molecule has 1 aliphatic heterocycles. The number of rotatable bonds is 4. The van der Waals surface area contributed by atoms with E-state index in [1.54, 1.807) is 0 Å². The van der Waals surface area contributed by atoms with Gasteiger partial charge in [-0.05, 0) is 0 Å². The molecule has 0 radical (unpaired) electrons. The van der Waals surface area contributed by atoms with Gasteiger partial charge in [0.2, 0.25) is 0 Å². The molecule has 0 aromatic rings. The molecule has 0 atom stereocenters. The van der Waals surface area contributed by atoms with Crippen molar-refractivity contribution in [3.63, 3.8) is 0 Å². The number of hydrogen-bond acceptors (Lipinski definition) is 6. The Morgan fingerprint density at radius 3 is 2.62 bits per heavy atom. The third kappa shape index (κ3) is 4.21. The van der Waals surface area contributed by atoms with E-state index in [0.29, 0.717) is 12.0 Å². The van der Waals surface area contributed by atoms with Crippen LogP contribution in [0.1, 0.15) is 0 Å². The summed E-state index contributed by atoms with van der Waals surface area (Å²) in [6.45, 7) is 0.574. The Hall–Kier alpha value is 0.779. The van der Waals surface area contributed by atoms with Crippen LogP contribution in [0.3, 0.4) is 0 Å². The molecular weight excluding hydrogens is 280 g/mol. The van der Waals surface area contributed by atoms with Crippen LogP contribution in [0.15, 0.2) is 0 Å². The van der Waals surface area contributed by atoms with Gasteiger partial charge in [-0.1, -0.05) is 0 Å². The zero-order valence-electron chi connectivity index (χ0n) is 7.01. The second-order valence-electron chi connectivity index (χ2n) is 2.58. The zero-order chi connectivity index (χ0) is 9.73. The average molecular weight is 292 g/mol. The number of nitrogens with two attached hydrogens (primary N) is 1. The third-order valence-electron chi connectivity index (χ3n) is 1.36. The molecular formula is C5H12NO4PSSe. The molecule has 2 N–H and O–H groups in total. The summed E-state index contributed by atoms with van der Waals surface area (Å²) in [7, 11) is -2.39. The van der Waals surface area contributed by atoms with Crippen molar-refractivity contribution < 1.29 is 16.0 Å². The second kappa shape index (κ2) is 5.61. The maximum atomic E-state index is 11.8. The molecule has 13 heavy (non-hydrogen) atoms. The molecule has 1 aliphatic rings. The molecule has 8 heteroatoms. The van der Waals surface area contributed by atoms with Gasteiger partial charge in [0.05, 0.1) is 0 Å². The van der Waals surface area contributed by atoms with E-state index in [-0.39, 0.29) is 12.7 Å². The fraction of sp³-hybridized carbons (Fsp3) is 1.00. The summed E-state index contributed by atoms with van der Waals surface area (Å²) >= 11 is -1.03. The fourth-order valence-corrected chi connectivity index (χ4v) is 7.62. The third-order valence-corrected chi connectivity index (χ3v) is 7.78. The first kappa shape index (κ1) is 11.9. The molecule has 0 aromatic heterocycles. The Morgan fingerprint density at radius 2 is 2.08 bits per heavy atom. The van der Waals surface area contributed by atoms with Crippen LogP contribution in [0.2, 0.25) is 0 Å². The van der Waals surface area contributed by atoms with Crippen molar-refractivity contribution in [1.29, 1.82) is 0 Å². The molecule has 0 spiro atoms. The Labute approximate surface area is 85.8 Å². The first-order chi connectivity index (χ1) is 6.16. The summed E-state index contributed by atoms with van der Waals surface area (Å²) in [5.41, 5.74) is 5.80. The summed E-state index contributed by atoms with van der Waals surface area (Å²) in [5, 5.41) is 0. The molecule has 5 nitrogen and oxygen atoms in total. The van der Waals surface area contributed by atoms with Crippen molar-refractivity contribution >= 4 is 33.4 Å². The molecule has 0 bridgehead atoms. The van der Waals surface area contributed by atoms with Gasteiger partial charge in [0.1, 0.15) is 0 Å². The van der Waals surface area contributed by atoms with Crippen molar-refractivity contribution in [2.75, 3.05) is 30.5 Å². The first-order valence-corrected chi connectivity index (χ1v) is 9.21. The Bertz CT molecular complexity index is 225. The van der Waals surface area contributed by atoms with E-state index in [1.165, 1.54) is 11.8 Å². The summed E-state index contributed by atoms with van der Waals surface area (Å²) in [5.74, 6) is 0.779. The van der Waals surface area contributed by atoms with Crippen LogP contribution in [0, 0.1) is 0 Å². The maximum absolute atomic E-state index is 11.8. The van der Waals surface area contributed by atoms with Crippen LogP contribution >= 0.6 is 18.9 Å². The van der Waals surface area contributed by atoms with E-state index in [9.17, 15) is 8.40 Å². The molecule has 0 aromatic carbocycles. The topological polar surface area (TPSA) is 78.6 Å². The van der Waals surface area contributed by atoms with Gasteiger partial charge in [-0.25, -0.2) is 0 Å². The first-order valence-electron chi connectivity index (χ1n) is 3.69. The summed E-state index contributed by atoms with van der Waals surface area (Å²) in [6, 6.07) is 0. The molecule has 0 unspecified atom stereocenters. The van der Waals surface area contributed by atoms with Crippen LogP contribution in [0.4, 0.5) is 0 Å². The quantitative estimate of drug-likeness (QED) is 0.458. The van der Waals surface area contributed by atoms with Gasteiger partial charge < -0.3 is 0 Å². The normalized spacial score (nSPS) is 34.7. The molecule has 1 saturated heterocycles. The molecule has 1 heterocycles. The van der Waals surface area contributed by atoms with E-state index in [2.05, 4.69) is 0 Å². The predicted octanol–water partition coefficient (Wildman–Crippen LogP) is 0.376. The number of thioether (sulfide) groups is 1. The second-order valence-corrected chi connectivity index (χ2v) is 8.91. The van der Waals surface area contributed by atoms with Gasteiger partial charge >= 0.3 is 85.7 Å². The zero-order valence-corrected chi connectivity index (χ0v) is 10.4. The molecule has 0 amide bonds. The Kier molecular flexibility index (Phi) is 5.11. The van der Waals surface area contributed by atoms with Gasteiger partial charge in [0.15, 0.2) is 0 Å². The Balaban J connectivity index is 2.30. The van der Waals surface area contributed by atoms with Gasteiger partial charge in [0, 0.05) is 0 Å². The fourth-order valence-electron chi connectivity index (χ4n) is 0.738. The summed E-state index contributed by atoms with van der Waals surface area (Å²) < 4.78 is 32.0. The molecule has 78 valence electrons. The van der Waals surface area contributed by atoms with Crippen molar-refractivity contribution in [1.82, 2.24) is 0 Å². The Morgan fingerprint density at radius 1 is 1.46 bits per heavy atom. The molecule has 0 aliphatic carbocycles. The van der Waals surface area contributed by atoms with E-state index < -0.39 is 21.6 Å².